The molecule has 0 saturated carbocycles. The standard InChI is InChI=1S/C26H27FN2O5S/c1-4-33-23-13-10-18(14-24(23)34-5-2)17(3)28-26(30)16-29-22-12-11-19(27)15-21(22)20-8-6-7-9-25(20)35(29,31)32/h6-15,17H,4-5,16H2,1-3H3,(H,28,30). The summed E-state index contributed by atoms with van der Waals surface area (Å²) in [5.74, 6) is 0.191. The number of ether oxygens (including phenoxy) is 2. The number of nitrogens with one attached hydrogen (secondary N) is 1. The molecule has 9 heteroatoms. The monoisotopic (exact) mass is 498 g/mol. The van der Waals surface area contributed by atoms with E-state index in [1.807, 2.05) is 19.9 Å². The van der Waals surface area contributed by atoms with Crippen LogP contribution in [0, 0.1) is 5.82 Å². The number of benzene rings is 3. The Kier molecular flexibility index (Phi) is 6.98. The maximum Gasteiger partial charge on any atom is 0.265 e. The van der Waals surface area contributed by atoms with E-state index in [0.29, 0.717) is 35.8 Å². The molecule has 7 nitrogen and oxygen atoms in total. The third-order valence-corrected chi connectivity index (χ3v) is 7.52. The molecule has 35 heavy (non-hydrogen) atoms. The van der Waals surface area contributed by atoms with Crippen molar-refractivity contribution >= 4 is 21.6 Å². The van der Waals surface area contributed by atoms with Crippen LogP contribution in [0.4, 0.5) is 10.1 Å². The van der Waals surface area contributed by atoms with E-state index in [9.17, 15) is 17.6 Å². The van der Waals surface area contributed by atoms with Gasteiger partial charge in [-0.25, -0.2) is 12.8 Å². The summed E-state index contributed by atoms with van der Waals surface area (Å²) in [6.07, 6.45) is 0. The highest BCUT2D eigenvalue weighted by Gasteiger charge is 2.36. The maximum atomic E-state index is 14.0. The van der Waals surface area contributed by atoms with Crippen molar-refractivity contribution in [3.05, 3.63) is 72.0 Å². The first-order chi connectivity index (χ1) is 16.8. The Balaban J connectivity index is 1.59. The first-order valence-electron chi connectivity index (χ1n) is 11.4. The minimum absolute atomic E-state index is 0.0341. The lowest BCUT2D eigenvalue weighted by Crippen LogP contribution is -2.43. The third-order valence-electron chi connectivity index (χ3n) is 5.70. The summed E-state index contributed by atoms with van der Waals surface area (Å²) in [7, 11) is -4.02. The van der Waals surface area contributed by atoms with Gasteiger partial charge in [-0.05, 0) is 62.7 Å². The van der Waals surface area contributed by atoms with Crippen molar-refractivity contribution in [3.8, 4) is 22.6 Å². The molecule has 1 heterocycles. The first-order valence-corrected chi connectivity index (χ1v) is 12.8. The van der Waals surface area contributed by atoms with E-state index in [0.717, 1.165) is 9.87 Å². The lowest BCUT2D eigenvalue weighted by molar-refractivity contribution is -0.120. The number of rotatable bonds is 8. The van der Waals surface area contributed by atoms with Crippen LogP contribution in [0.25, 0.3) is 11.1 Å². The first kappa shape index (κ1) is 24.5. The fourth-order valence-electron chi connectivity index (χ4n) is 4.11. The second kappa shape index (κ2) is 9.95. The molecule has 0 spiro atoms. The molecule has 1 aliphatic rings. The Morgan fingerprint density at radius 1 is 0.971 bits per heavy atom. The summed E-state index contributed by atoms with van der Waals surface area (Å²) in [6.45, 7) is 6.05. The number of amides is 1. The zero-order valence-corrected chi connectivity index (χ0v) is 20.6. The molecule has 1 unspecified atom stereocenters. The molecule has 4 rings (SSSR count). The van der Waals surface area contributed by atoms with Crippen molar-refractivity contribution in [1.82, 2.24) is 5.32 Å². The van der Waals surface area contributed by atoms with Crippen molar-refractivity contribution in [1.29, 1.82) is 0 Å². The van der Waals surface area contributed by atoms with Crippen LogP contribution < -0.4 is 19.1 Å². The maximum absolute atomic E-state index is 14.0. The fourth-order valence-corrected chi connectivity index (χ4v) is 5.76. The highest BCUT2D eigenvalue weighted by molar-refractivity contribution is 7.93. The van der Waals surface area contributed by atoms with E-state index in [-0.39, 0.29) is 10.6 Å². The van der Waals surface area contributed by atoms with Crippen LogP contribution in [-0.2, 0) is 14.8 Å². The molecule has 0 fully saturated rings. The van der Waals surface area contributed by atoms with Gasteiger partial charge in [0, 0.05) is 11.1 Å². The number of halogens is 1. The molecule has 0 aliphatic carbocycles. The van der Waals surface area contributed by atoms with Crippen molar-refractivity contribution in [2.24, 2.45) is 0 Å². The van der Waals surface area contributed by atoms with E-state index < -0.39 is 34.3 Å². The number of nitrogens with zero attached hydrogens (tertiary/aromatic N) is 1. The number of fused-ring (bicyclic) bond motifs is 3. The summed E-state index contributed by atoms with van der Waals surface area (Å²) in [5, 5.41) is 2.85. The molecular formula is C26H27FN2O5S. The SMILES string of the molecule is CCOc1ccc(C(C)NC(=O)CN2c3ccc(F)cc3-c3ccccc3S2(=O)=O)cc1OCC. The van der Waals surface area contributed by atoms with Gasteiger partial charge in [-0.1, -0.05) is 24.3 Å². The van der Waals surface area contributed by atoms with Gasteiger partial charge in [0.25, 0.3) is 10.0 Å². The Morgan fingerprint density at radius 3 is 2.43 bits per heavy atom. The second-order valence-corrected chi connectivity index (χ2v) is 9.86. The summed E-state index contributed by atoms with van der Waals surface area (Å²) in [4.78, 5) is 13.0. The zero-order valence-electron chi connectivity index (χ0n) is 19.7. The molecule has 0 saturated heterocycles. The third kappa shape index (κ3) is 4.81. The molecule has 1 aliphatic heterocycles. The predicted octanol–water partition coefficient (Wildman–Crippen LogP) is 4.68. The summed E-state index contributed by atoms with van der Waals surface area (Å²) in [6, 6.07) is 15.2. The van der Waals surface area contributed by atoms with Gasteiger partial charge in [0.15, 0.2) is 11.5 Å². The van der Waals surface area contributed by atoms with Crippen LogP contribution in [0.15, 0.2) is 65.6 Å². The molecule has 0 radical (unpaired) electrons. The Hall–Kier alpha value is -3.59. The van der Waals surface area contributed by atoms with Gasteiger partial charge in [0.1, 0.15) is 12.4 Å². The van der Waals surface area contributed by atoms with Gasteiger partial charge < -0.3 is 14.8 Å². The summed E-state index contributed by atoms with van der Waals surface area (Å²) < 4.78 is 53.1. The van der Waals surface area contributed by atoms with E-state index in [1.54, 1.807) is 37.3 Å². The van der Waals surface area contributed by atoms with Crippen molar-refractivity contribution in [2.45, 2.75) is 31.7 Å². The highest BCUT2D eigenvalue weighted by Crippen LogP contribution is 2.43. The summed E-state index contributed by atoms with van der Waals surface area (Å²) >= 11 is 0. The Morgan fingerprint density at radius 2 is 1.69 bits per heavy atom. The van der Waals surface area contributed by atoms with Gasteiger partial charge in [-0.3, -0.25) is 9.10 Å². The lowest BCUT2D eigenvalue weighted by Gasteiger charge is -2.32. The molecule has 0 aromatic heterocycles. The van der Waals surface area contributed by atoms with E-state index in [1.165, 1.54) is 24.3 Å². The number of sulfonamides is 1. The fraction of sp³-hybridized carbons (Fsp3) is 0.269. The van der Waals surface area contributed by atoms with Gasteiger partial charge in [-0.15, -0.1) is 0 Å². The molecular weight excluding hydrogens is 471 g/mol. The normalized spacial score (nSPS) is 14.5. The van der Waals surface area contributed by atoms with Crippen molar-refractivity contribution < 1.29 is 27.1 Å². The molecule has 1 atom stereocenters. The van der Waals surface area contributed by atoms with Crippen LogP contribution in [-0.4, -0.2) is 34.1 Å². The number of carbonyl (C=O) groups excluding carboxylic acids is 1. The zero-order chi connectivity index (χ0) is 25.2. The van der Waals surface area contributed by atoms with E-state index in [2.05, 4.69) is 5.32 Å². The molecule has 184 valence electrons. The van der Waals surface area contributed by atoms with Gasteiger partial charge in [0.2, 0.25) is 5.91 Å². The van der Waals surface area contributed by atoms with Gasteiger partial charge in [0.05, 0.1) is 29.8 Å². The molecule has 1 N–H and O–H groups in total. The minimum atomic E-state index is -4.02. The van der Waals surface area contributed by atoms with E-state index >= 15 is 0 Å². The predicted molar refractivity (Wildman–Crippen MR) is 132 cm³/mol. The minimum Gasteiger partial charge on any atom is -0.490 e. The van der Waals surface area contributed by atoms with Crippen LogP contribution >= 0.6 is 0 Å². The van der Waals surface area contributed by atoms with Gasteiger partial charge in [-0.2, -0.15) is 0 Å². The smallest absolute Gasteiger partial charge is 0.265 e. The van der Waals surface area contributed by atoms with Crippen LogP contribution in [0.2, 0.25) is 0 Å². The van der Waals surface area contributed by atoms with Crippen LogP contribution in [0.5, 0.6) is 11.5 Å². The molecule has 1 amide bonds. The topological polar surface area (TPSA) is 84.9 Å². The number of anilines is 1. The quantitative estimate of drug-likeness (QED) is 0.488. The molecule has 3 aromatic rings. The van der Waals surface area contributed by atoms with Crippen LogP contribution in [0.1, 0.15) is 32.4 Å². The number of carbonyl (C=O) groups is 1. The summed E-state index contributed by atoms with van der Waals surface area (Å²) in [5.41, 5.74) is 1.86. The highest BCUT2D eigenvalue weighted by atomic mass is 32.2. The van der Waals surface area contributed by atoms with Crippen molar-refractivity contribution in [2.75, 3.05) is 24.1 Å². The van der Waals surface area contributed by atoms with Gasteiger partial charge >= 0.3 is 0 Å². The Labute approximate surface area is 204 Å². The van der Waals surface area contributed by atoms with Crippen molar-refractivity contribution in [3.63, 3.8) is 0 Å². The molecule has 0 bridgehead atoms. The number of hydrogen-bond acceptors (Lipinski definition) is 5. The molecule has 3 aromatic carbocycles. The average Bonchev–Trinajstić information content (AvgIpc) is 2.83. The average molecular weight is 499 g/mol. The second-order valence-electron chi connectivity index (χ2n) is 8.03. The van der Waals surface area contributed by atoms with E-state index in [4.69, 9.17) is 9.47 Å². The lowest BCUT2D eigenvalue weighted by atomic mass is 10.0. The Bertz CT molecular complexity index is 1360. The largest absolute Gasteiger partial charge is 0.490 e. The van der Waals surface area contributed by atoms with Crippen LogP contribution in [0.3, 0.4) is 0 Å². The number of hydrogen-bond donors (Lipinski definition) is 1.